The maximum absolute atomic E-state index is 12.5. The van der Waals surface area contributed by atoms with Crippen LogP contribution in [0.2, 0.25) is 0 Å². The molecule has 0 saturated heterocycles. The molecular formula is C17H24N2O7S. The highest BCUT2D eigenvalue weighted by Crippen LogP contribution is 2.28. The van der Waals surface area contributed by atoms with Gasteiger partial charge in [-0.05, 0) is 38.0 Å². The average Bonchev–Trinajstić information content (AvgIpc) is 3.42. The highest BCUT2D eigenvalue weighted by Gasteiger charge is 2.30. The second kappa shape index (κ2) is 9.16. The number of carbonyl (C=O) groups excluding carboxylic acids is 2. The maximum atomic E-state index is 12.5. The van der Waals surface area contributed by atoms with E-state index in [1.165, 1.54) is 32.4 Å². The maximum Gasteiger partial charge on any atom is 0.338 e. The van der Waals surface area contributed by atoms with Gasteiger partial charge in [0.1, 0.15) is 10.6 Å². The standard InChI is InChI=1S/C17H24N2O7S/c1-11(9-24-2)18-16(20)10-26-17(21)12-4-7-14(25-3)15(8-12)27(22,23)19-13-5-6-13/h4,7-8,11,13,19H,5-6,9-10H2,1-3H3,(H,18,20). The molecule has 9 nitrogen and oxygen atoms in total. The lowest BCUT2D eigenvalue weighted by Crippen LogP contribution is -2.38. The molecule has 0 heterocycles. The molecule has 1 aromatic rings. The van der Waals surface area contributed by atoms with Gasteiger partial charge in [0.05, 0.1) is 19.3 Å². The zero-order valence-corrected chi connectivity index (χ0v) is 16.3. The van der Waals surface area contributed by atoms with Crippen molar-refractivity contribution in [2.75, 3.05) is 27.4 Å². The summed E-state index contributed by atoms with van der Waals surface area (Å²) in [6, 6.07) is 3.61. The summed E-state index contributed by atoms with van der Waals surface area (Å²) in [5.74, 6) is -1.18. The van der Waals surface area contributed by atoms with Crippen molar-refractivity contribution in [2.45, 2.75) is 36.7 Å². The molecule has 150 valence electrons. The molecule has 1 atom stereocenters. The quantitative estimate of drug-likeness (QED) is 0.547. The first kappa shape index (κ1) is 21.1. The molecule has 10 heteroatoms. The summed E-state index contributed by atoms with van der Waals surface area (Å²) < 4.78 is 42.4. The van der Waals surface area contributed by atoms with E-state index in [1.54, 1.807) is 6.92 Å². The molecule has 2 N–H and O–H groups in total. The van der Waals surface area contributed by atoms with Crippen LogP contribution in [0.5, 0.6) is 5.75 Å². The second-order valence-corrected chi connectivity index (χ2v) is 7.94. The molecule has 1 aliphatic rings. The van der Waals surface area contributed by atoms with Gasteiger partial charge in [-0.15, -0.1) is 0 Å². The average molecular weight is 400 g/mol. The minimum Gasteiger partial charge on any atom is -0.495 e. The monoisotopic (exact) mass is 400 g/mol. The van der Waals surface area contributed by atoms with Gasteiger partial charge in [-0.25, -0.2) is 17.9 Å². The number of esters is 1. The molecule has 0 bridgehead atoms. The Labute approximate surface area is 158 Å². The highest BCUT2D eigenvalue weighted by atomic mass is 32.2. The van der Waals surface area contributed by atoms with Gasteiger partial charge in [0.15, 0.2) is 6.61 Å². The molecule has 1 amide bonds. The van der Waals surface area contributed by atoms with Crippen molar-refractivity contribution in [3.05, 3.63) is 23.8 Å². The first-order valence-electron chi connectivity index (χ1n) is 8.42. The van der Waals surface area contributed by atoms with Crippen LogP contribution in [-0.4, -0.2) is 59.8 Å². The summed E-state index contributed by atoms with van der Waals surface area (Å²) in [5.41, 5.74) is 0.00436. The van der Waals surface area contributed by atoms with Crippen LogP contribution < -0.4 is 14.8 Å². The fourth-order valence-corrected chi connectivity index (χ4v) is 3.82. The van der Waals surface area contributed by atoms with Gasteiger partial charge in [-0.2, -0.15) is 0 Å². The van der Waals surface area contributed by atoms with E-state index >= 15 is 0 Å². The summed E-state index contributed by atoms with van der Waals surface area (Å²) in [5, 5.41) is 2.60. The van der Waals surface area contributed by atoms with Crippen LogP contribution in [0.15, 0.2) is 23.1 Å². The Morgan fingerprint density at radius 2 is 1.96 bits per heavy atom. The molecule has 0 radical (unpaired) electrons. The molecule has 1 fully saturated rings. The minimum absolute atomic E-state index is 0.00436. The first-order chi connectivity index (χ1) is 12.8. The lowest BCUT2D eigenvalue weighted by atomic mass is 10.2. The van der Waals surface area contributed by atoms with Gasteiger partial charge in [0.25, 0.3) is 5.91 Å². The molecule has 0 aromatic heterocycles. The fraction of sp³-hybridized carbons (Fsp3) is 0.529. The Kier molecular flexibility index (Phi) is 7.17. The Balaban J connectivity index is 2.06. The fourth-order valence-electron chi connectivity index (χ4n) is 2.32. The Morgan fingerprint density at radius 3 is 2.56 bits per heavy atom. The van der Waals surface area contributed by atoms with Crippen molar-refractivity contribution in [1.29, 1.82) is 0 Å². The van der Waals surface area contributed by atoms with Crippen LogP contribution in [0.25, 0.3) is 0 Å². The highest BCUT2D eigenvalue weighted by molar-refractivity contribution is 7.89. The van der Waals surface area contributed by atoms with Gasteiger partial charge >= 0.3 is 5.97 Å². The van der Waals surface area contributed by atoms with E-state index in [0.717, 1.165) is 12.8 Å². The van der Waals surface area contributed by atoms with Crippen LogP contribution in [-0.2, 0) is 24.3 Å². The molecule has 1 aromatic carbocycles. The zero-order valence-electron chi connectivity index (χ0n) is 15.5. The van der Waals surface area contributed by atoms with Crippen molar-refractivity contribution in [1.82, 2.24) is 10.0 Å². The summed E-state index contributed by atoms with van der Waals surface area (Å²) in [7, 11) is -0.973. The third-order valence-electron chi connectivity index (χ3n) is 3.75. The number of hydrogen-bond donors (Lipinski definition) is 2. The third-order valence-corrected chi connectivity index (χ3v) is 5.29. The van der Waals surface area contributed by atoms with Crippen LogP contribution >= 0.6 is 0 Å². The number of sulfonamides is 1. The topological polar surface area (TPSA) is 120 Å². The molecule has 27 heavy (non-hydrogen) atoms. The number of benzene rings is 1. The van der Waals surface area contributed by atoms with Crippen LogP contribution in [0.1, 0.15) is 30.1 Å². The van der Waals surface area contributed by atoms with Crippen LogP contribution in [0.4, 0.5) is 0 Å². The van der Waals surface area contributed by atoms with Crippen molar-refractivity contribution < 1.29 is 32.2 Å². The zero-order chi connectivity index (χ0) is 20.0. The minimum atomic E-state index is -3.83. The SMILES string of the molecule is COCC(C)NC(=O)COC(=O)c1ccc(OC)c(S(=O)(=O)NC2CC2)c1. The molecule has 1 aliphatic carbocycles. The van der Waals surface area contributed by atoms with Crippen molar-refractivity contribution in [2.24, 2.45) is 0 Å². The van der Waals surface area contributed by atoms with E-state index in [2.05, 4.69) is 10.0 Å². The predicted octanol–water partition coefficient (Wildman–Crippen LogP) is 0.444. The van der Waals surface area contributed by atoms with Crippen molar-refractivity contribution in [3.8, 4) is 5.75 Å². The van der Waals surface area contributed by atoms with E-state index in [4.69, 9.17) is 14.2 Å². The third kappa shape index (κ3) is 6.19. The second-order valence-electron chi connectivity index (χ2n) is 6.26. The molecular weight excluding hydrogens is 376 g/mol. The summed E-state index contributed by atoms with van der Waals surface area (Å²) in [6.45, 7) is 1.59. The number of carbonyl (C=O) groups is 2. The molecule has 1 saturated carbocycles. The Hall–Kier alpha value is -2.17. The smallest absolute Gasteiger partial charge is 0.338 e. The van der Waals surface area contributed by atoms with Crippen molar-refractivity contribution in [3.63, 3.8) is 0 Å². The van der Waals surface area contributed by atoms with Crippen LogP contribution in [0, 0.1) is 0 Å². The van der Waals surface area contributed by atoms with E-state index in [-0.39, 0.29) is 28.3 Å². The van der Waals surface area contributed by atoms with Gasteiger partial charge in [0, 0.05) is 19.2 Å². The number of nitrogens with one attached hydrogen (secondary N) is 2. The molecule has 0 spiro atoms. The van der Waals surface area contributed by atoms with Gasteiger partial charge < -0.3 is 19.5 Å². The van der Waals surface area contributed by atoms with E-state index < -0.39 is 28.5 Å². The summed E-state index contributed by atoms with van der Waals surface area (Å²) >= 11 is 0. The number of hydrogen-bond acceptors (Lipinski definition) is 7. The van der Waals surface area contributed by atoms with Crippen molar-refractivity contribution >= 4 is 21.9 Å². The Bertz CT molecular complexity index is 790. The van der Waals surface area contributed by atoms with E-state index in [1.807, 2.05) is 0 Å². The number of ether oxygens (including phenoxy) is 3. The number of amides is 1. The molecule has 0 aliphatic heterocycles. The predicted molar refractivity (Wildman–Crippen MR) is 96.1 cm³/mol. The Morgan fingerprint density at radius 1 is 1.26 bits per heavy atom. The van der Waals surface area contributed by atoms with Crippen LogP contribution in [0.3, 0.4) is 0 Å². The largest absolute Gasteiger partial charge is 0.495 e. The molecule has 1 unspecified atom stereocenters. The van der Waals surface area contributed by atoms with Gasteiger partial charge in [-0.3, -0.25) is 4.79 Å². The lowest BCUT2D eigenvalue weighted by Gasteiger charge is -2.13. The van der Waals surface area contributed by atoms with E-state index in [9.17, 15) is 18.0 Å². The summed E-state index contributed by atoms with van der Waals surface area (Å²) in [6.07, 6.45) is 1.56. The molecule has 2 rings (SSSR count). The normalized spacial score (nSPS) is 15.1. The number of rotatable bonds is 10. The van der Waals surface area contributed by atoms with Gasteiger partial charge in [-0.1, -0.05) is 0 Å². The number of methoxy groups -OCH3 is 2. The lowest BCUT2D eigenvalue weighted by molar-refractivity contribution is -0.125. The first-order valence-corrected chi connectivity index (χ1v) is 9.91. The van der Waals surface area contributed by atoms with Gasteiger partial charge in [0.2, 0.25) is 10.0 Å². The summed E-state index contributed by atoms with van der Waals surface area (Å²) in [4.78, 5) is 23.8. The van der Waals surface area contributed by atoms with E-state index in [0.29, 0.717) is 6.61 Å².